The molecule has 0 aliphatic carbocycles. The minimum Gasteiger partial charge on any atom is -0.394 e. The average Bonchev–Trinajstić information content (AvgIpc) is 2.10. The van der Waals surface area contributed by atoms with Gasteiger partial charge in [-0.3, -0.25) is 0 Å². The number of unbranched alkanes of at least 4 members (excludes halogenated alkanes) is 1. The zero-order valence-electron chi connectivity index (χ0n) is 9.63. The monoisotopic (exact) mass is 205 g/mol. The van der Waals surface area contributed by atoms with Gasteiger partial charge >= 0.3 is 0 Å². The summed E-state index contributed by atoms with van der Waals surface area (Å²) in [5.41, 5.74) is 10.6. The molecule has 14 heavy (non-hydrogen) atoms. The first kappa shape index (κ1) is 16.3. The fourth-order valence-corrected chi connectivity index (χ4v) is 0.746. The van der Waals surface area contributed by atoms with E-state index >= 15 is 0 Å². The maximum Gasteiger partial charge on any atom is 0.0483 e. The summed E-state index contributed by atoms with van der Waals surface area (Å²) in [6.07, 6.45) is 3.21. The molecule has 0 saturated heterocycles. The van der Waals surface area contributed by atoms with Crippen molar-refractivity contribution in [2.75, 3.05) is 26.2 Å². The van der Waals surface area contributed by atoms with Gasteiger partial charge in [0.1, 0.15) is 0 Å². The van der Waals surface area contributed by atoms with Crippen molar-refractivity contribution in [1.82, 2.24) is 5.32 Å². The fraction of sp³-hybridized carbons (Fsp3) is 1.00. The minimum atomic E-state index is -0.167. The van der Waals surface area contributed by atoms with Crippen LogP contribution < -0.4 is 16.8 Å². The predicted molar refractivity (Wildman–Crippen MR) is 62.2 cm³/mol. The van der Waals surface area contributed by atoms with E-state index in [0.717, 1.165) is 39.0 Å². The van der Waals surface area contributed by atoms with E-state index in [4.69, 9.17) is 16.6 Å². The van der Waals surface area contributed by atoms with Gasteiger partial charge in [-0.1, -0.05) is 0 Å². The Labute approximate surface area is 88.1 Å². The topological polar surface area (TPSA) is 84.3 Å². The fourth-order valence-electron chi connectivity index (χ4n) is 0.746. The number of nitrogens with one attached hydrogen (secondary N) is 1. The van der Waals surface area contributed by atoms with Crippen molar-refractivity contribution in [1.29, 1.82) is 0 Å². The van der Waals surface area contributed by atoms with Gasteiger partial charge in [0.25, 0.3) is 0 Å². The van der Waals surface area contributed by atoms with Crippen LogP contribution in [0.2, 0.25) is 0 Å². The Bertz CT molecular complexity index is 78.7. The van der Waals surface area contributed by atoms with Crippen LogP contribution in [0.15, 0.2) is 0 Å². The molecule has 4 nitrogen and oxygen atoms in total. The lowest BCUT2D eigenvalue weighted by atomic mass is 10.3. The Kier molecular flexibility index (Phi) is 17.8. The second-order valence-electron chi connectivity index (χ2n) is 3.48. The second kappa shape index (κ2) is 15.3. The molecule has 6 N–H and O–H groups in total. The van der Waals surface area contributed by atoms with E-state index in [1.54, 1.807) is 13.8 Å². The molecule has 0 bridgehead atoms. The van der Waals surface area contributed by atoms with E-state index in [1.807, 2.05) is 0 Å². The number of nitrogens with two attached hydrogens (primary N) is 2. The summed E-state index contributed by atoms with van der Waals surface area (Å²) in [7, 11) is 0. The van der Waals surface area contributed by atoms with Crippen LogP contribution in [-0.4, -0.2) is 37.4 Å². The molecule has 0 unspecified atom stereocenters. The van der Waals surface area contributed by atoms with E-state index in [-0.39, 0.29) is 6.10 Å². The van der Waals surface area contributed by atoms with Crippen LogP contribution in [0, 0.1) is 0 Å². The lowest BCUT2D eigenvalue weighted by molar-refractivity contribution is 0.216. The molecular formula is C10H27N3O. The van der Waals surface area contributed by atoms with Gasteiger partial charge in [0.15, 0.2) is 0 Å². The quantitative estimate of drug-likeness (QED) is 0.443. The molecule has 0 aliphatic heterocycles. The summed E-state index contributed by atoms with van der Waals surface area (Å²) in [6, 6.07) is 0. The third-order valence-electron chi connectivity index (χ3n) is 1.37. The zero-order chi connectivity index (χ0) is 11.2. The Hall–Kier alpha value is -0.160. The summed E-state index contributed by atoms with van der Waals surface area (Å²) in [5, 5.41) is 11.3. The molecule has 0 radical (unpaired) electrons. The highest BCUT2D eigenvalue weighted by molar-refractivity contribution is 4.49. The van der Waals surface area contributed by atoms with Gasteiger partial charge in [-0.15, -0.1) is 0 Å². The standard InChI is InChI=1S/C7H19N3.C3H8O/c8-4-1-2-6-10-7-3-5-9;1-3(2)4/h10H,1-9H2;3-4H,1-2H3. The molecule has 0 aromatic rings. The van der Waals surface area contributed by atoms with Crippen molar-refractivity contribution in [2.24, 2.45) is 11.5 Å². The molecule has 0 heterocycles. The second-order valence-corrected chi connectivity index (χ2v) is 3.48. The van der Waals surface area contributed by atoms with Gasteiger partial charge in [0, 0.05) is 6.10 Å². The lowest BCUT2D eigenvalue weighted by Crippen LogP contribution is -2.19. The van der Waals surface area contributed by atoms with E-state index in [1.165, 1.54) is 6.42 Å². The van der Waals surface area contributed by atoms with Crippen LogP contribution in [-0.2, 0) is 0 Å². The number of aliphatic hydroxyl groups is 1. The third-order valence-corrected chi connectivity index (χ3v) is 1.37. The summed E-state index contributed by atoms with van der Waals surface area (Å²) < 4.78 is 0. The molecule has 0 aromatic carbocycles. The van der Waals surface area contributed by atoms with Crippen molar-refractivity contribution in [3.05, 3.63) is 0 Å². The minimum absolute atomic E-state index is 0.167. The first-order valence-electron chi connectivity index (χ1n) is 5.44. The lowest BCUT2D eigenvalue weighted by Gasteiger charge is -2.01. The van der Waals surface area contributed by atoms with Gasteiger partial charge in [0.2, 0.25) is 0 Å². The molecule has 0 aromatic heterocycles. The van der Waals surface area contributed by atoms with Crippen LogP contribution in [0.3, 0.4) is 0 Å². The molecular weight excluding hydrogens is 178 g/mol. The summed E-state index contributed by atoms with van der Waals surface area (Å²) in [6.45, 7) is 7.15. The van der Waals surface area contributed by atoms with Crippen LogP contribution in [0.25, 0.3) is 0 Å². The maximum atomic E-state index is 8.06. The third kappa shape index (κ3) is 29.7. The predicted octanol–water partition coefficient (Wildman–Crippen LogP) is 0.0508. The van der Waals surface area contributed by atoms with Crippen LogP contribution in [0.4, 0.5) is 0 Å². The zero-order valence-corrected chi connectivity index (χ0v) is 9.63. The molecule has 4 heteroatoms. The van der Waals surface area contributed by atoms with Gasteiger partial charge in [0.05, 0.1) is 0 Å². The molecule has 0 atom stereocenters. The molecule has 0 spiro atoms. The smallest absolute Gasteiger partial charge is 0.0483 e. The number of hydrogen-bond donors (Lipinski definition) is 4. The van der Waals surface area contributed by atoms with Crippen molar-refractivity contribution in [3.63, 3.8) is 0 Å². The molecule has 88 valence electrons. The highest BCUT2D eigenvalue weighted by Crippen LogP contribution is 1.81. The van der Waals surface area contributed by atoms with Crippen molar-refractivity contribution in [2.45, 2.75) is 39.2 Å². The highest BCUT2D eigenvalue weighted by Gasteiger charge is 1.85. The van der Waals surface area contributed by atoms with Crippen molar-refractivity contribution >= 4 is 0 Å². The Morgan fingerprint density at radius 3 is 1.86 bits per heavy atom. The highest BCUT2D eigenvalue weighted by atomic mass is 16.3. The molecule has 0 saturated carbocycles. The van der Waals surface area contributed by atoms with E-state index in [0.29, 0.717) is 0 Å². The SMILES string of the molecule is CC(C)O.NCCCCNCCCN. The molecule has 0 aliphatic rings. The Balaban J connectivity index is 0. The summed E-state index contributed by atoms with van der Waals surface area (Å²) in [4.78, 5) is 0. The van der Waals surface area contributed by atoms with Crippen molar-refractivity contribution in [3.8, 4) is 0 Å². The van der Waals surface area contributed by atoms with Gasteiger partial charge < -0.3 is 21.9 Å². The largest absolute Gasteiger partial charge is 0.394 e. The number of rotatable bonds is 7. The normalized spacial score (nSPS) is 9.86. The first-order chi connectivity index (χ1) is 6.65. The Morgan fingerprint density at radius 1 is 1.00 bits per heavy atom. The van der Waals surface area contributed by atoms with E-state index < -0.39 is 0 Å². The summed E-state index contributed by atoms with van der Waals surface area (Å²) in [5.74, 6) is 0. The number of aliphatic hydroxyl groups excluding tert-OH is 1. The van der Waals surface area contributed by atoms with Gasteiger partial charge in [-0.2, -0.15) is 0 Å². The maximum absolute atomic E-state index is 8.06. The average molecular weight is 205 g/mol. The van der Waals surface area contributed by atoms with Crippen LogP contribution >= 0.6 is 0 Å². The molecule has 0 rings (SSSR count). The first-order valence-corrected chi connectivity index (χ1v) is 5.44. The van der Waals surface area contributed by atoms with Crippen molar-refractivity contribution < 1.29 is 5.11 Å². The Morgan fingerprint density at radius 2 is 1.43 bits per heavy atom. The van der Waals surface area contributed by atoms with Crippen LogP contribution in [0.5, 0.6) is 0 Å². The van der Waals surface area contributed by atoms with E-state index in [9.17, 15) is 0 Å². The van der Waals surface area contributed by atoms with E-state index in [2.05, 4.69) is 5.32 Å². The number of hydrogen-bond acceptors (Lipinski definition) is 4. The summed E-state index contributed by atoms with van der Waals surface area (Å²) >= 11 is 0. The molecule has 0 fully saturated rings. The van der Waals surface area contributed by atoms with Crippen LogP contribution in [0.1, 0.15) is 33.1 Å². The van der Waals surface area contributed by atoms with Gasteiger partial charge in [-0.05, 0) is 59.3 Å². The molecule has 0 amide bonds. The van der Waals surface area contributed by atoms with Gasteiger partial charge in [-0.25, -0.2) is 0 Å².